The number of likely N-dealkylation sites (N-methyl/N-ethyl adjacent to an activating group) is 2. The van der Waals surface area contributed by atoms with Gasteiger partial charge in [-0.15, -0.1) is 0 Å². The highest BCUT2D eigenvalue weighted by Gasteiger charge is 2.31. The Balaban J connectivity index is 1.75. The SMILES string of the molecule is CCN(CC)CCNc1nc(NCCN(CC)CC)nc(N2CCCC3C=CC=CC32)n1. The van der Waals surface area contributed by atoms with E-state index in [1.807, 2.05) is 0 Å². The Morgan fingerprint density at radius 3 is 1.97 bits per heavy atom. The Kier molecular flexibility index (Phi) is 9.74. The van der Waals surface area contributed by atoms with Crippen LogP contribution in [0, 0.1) is 5.92 Å². The van der Waals surface area contributed by atoms with E-state index in [9.17, 15) is 0 Å². The maximum Gasteiger partial charge on any atom is 0.232 e. The standard InChI is InChI=1S/C24H42N8/c1-5-30(6-2)18-15-25-22-27-23(26-16-19-31(7-3)8-4)29-24(28-22)32-17-11-13-20-12-9-10-14-21(20)32/h9-10,12,14,20-21H,5-8,11,13,15-19H2,1-4H3,(H2,25,26,27,28,29). The zero-order valence-corrected chi connectivity index (χ0v) is 20.4. The Bertz CT molecular complexity index is 705. The summed E-state index contributed by atoms with van der Waals surface area (Å²) in [6.07, 6.45) is 11.3. The number of fused-ring (bicyclic) bond motifs is 1. The van der Waals surface area contributed by atoms with E-state index in [-0.39, 0.29) is 0 Å². The normalized spacial score (nSPS) is 20.1. The number of allylic oxidation sites excluding steroid dienone is 2. The van der Waals surface area contributed by atoms with Crippen LogP contribution in [0.1, 0.15) is 40.5 Å². The molecule has 2 N–H and O–H groups in total. The van der Waals surface area contributed by atoms with Gasteiger partial charge in [0.15, 0.2) is 0 Å². The summed E-state index contributed by atoms with van der Waals surface area (Å²) in [4.78, 5) is 21.5. The molecule has 1 aromatic heterocycles. The lowest BCUT2D eigenvalue weighted by Crippen LogP contribution is -2.45. The minimum Gasteiger partial charge on any atom is -0.353 e. The minimum atomic E-state index is 0.322. The van der Waals surface area contributed by atoms with Crippen molar-refractivity contribution in [2.45, 2.75) is 46.6 Å². The van der Waals surface area contributed by atoms with Gasteiger partial charge in [0.2, 0.25) is 17.8 Å². The first-order chi connectivity index (χ1) is 15.7. The van der Waals surface area contributed by atoms with E-state index in [1.54, 1.807) is 0 Å². The lowest BCUT2D eigenvalue weighted by atomic mass is 9.86. The Morgan fingerprint density at radius 1 is 0.844 bits per heavy atom. The zero-order chi connectivity index (χ0) is 22.8. The Labute approximate surface area is 194 Å². The predicted molar refractivity (Wildman–Crippen MR) is 135 cm³/mol. The van der Waals surface area contributed by atoms with Gasteiger partial charge in [-0.1, -0.05) is 52.0 Å². The molecule has 178 valence electrons. The van der Waals surface area contributed by atoms with Crippen LogP contribution in [-0.2, 0) is 0 Å². The summed E-state index contributed by atoms with van der Waals surface area (Å²) in [7, 11) is 0. The summed E-state index contributed by atoms with van der Waals surface area (Å²) in [6, 6.07) is 0.322. The van der Waals surface area contributed by atoms with Crippen molar-refractivity contribution in [2.75, 3.05) is 74.4 Å². The van der Waals surface area contributed by atoms with E-state index in [0.29, 0.717) is 23.9 Å². The van der Waals surface area contributed by atoms with Gasteiger partial charge in [0.1, 0.15) is 0 Å². The lowest BCUT2D eigenvalue weighted by molar-refractivity contribution is 0.315. The van der Waals surface area contributed by atoms with Crippen molar-refractivity contribution in [3.05, 3.63) is 24.3 Å². The summed E-state index contributed by atoms with van der Waals surface area (Å²) in [5.41, 5.74) is 0. The molecule has 1 saturated heterocycles. The Morgan fingerprint density at radius 2 is 1.41 bits per heavy atom. The molecule has 2 aliphatic rings. The topological polar surface area (TPSA) is 72.5 Å². The smallest absolute Gasteiger partial charge is 0.232 e. The molecule has 0 spiro atoms. The third-order valence-corrected chi connectivity index (χ3v) is 6.60. The third-order valence-electron chi connectivity index (χ3n) is 6.60. The summed E-state index contributed by atoms with van der Waals surface area (Å²) in [5.74, 6) is 2.61. The minimum absolute atomic E-state index is 0.322. The molecule has 0 radical (unpaired) electrons. The van der Waals surface area contributed by atoms with Crippen LogP contribution in [0.3, 0.4) is 0 Å². The number of anilines is 3. The van der Waals surface area contributed by atoms with E-state index in [4.69, 9.17) is 9.97 Å². The number of aromatic nitrogens is 3. The molecule has 8 nitrogen and oxygen atoms in total. The van der Waals surface area contributed by atoms with Crippen LogP contribution in [0.15, 0.2) is 24.3 Å². The molecular weight excluding hydrogens is 400 g/mol. The second kappa shape index (κ2) is 12.7. The van der Waals surface area contributed by atoms with Crippen molar-refractivity contribution < 1.29 is 0 Å². The lowest BCUT2D eigenvalue weighted by Gasteiger charge is -2.39. The van der Waals surface area contributed by atoms with Crippen molar-refractivity contribution in [1.82, 2.24) is 24.8 Å². The van der Waals surface area contributed by atoms with Crippen molar-refractivity contribution in [3.63, 3.8) is 0 Å². The van der Waals surface area contributed by atoms with E-state index in [2.05, 4.69) is 82.3 Å². The summed E-state index contributed by atoms with van der Waals surface area (Å²) < 4.78 is 0. The molecule has 2 atom stereocenters. The summed E-state index contributed by atoms with van der Waals surface area (Å²) in [5, 5.41) is 6.89. The van der Waals surface area contributed by atoms with Gasteiger partial charge in [0, 0.05) is 38.6 Å². The predicted octanol–water partition coefficient (Wildman–Crippen LogP) is 3.09. The quantitative estimate of drug-likeness (QED) is 0.483. The van der Waals surface area contributed by atoms with E-state index in [1.165, 1.54) is 6.42 Å². The zero-order valence-electron chi connectivity index (χ0n) is 20.4. The average molecular weight is 443 g/mol. The molecule has 2 unspecified atom stereocenters. The molecule has 0 aromatic carbocycles. The highest BCUT2D eigenvalue weighted by molar-refractivity contribution is 5.47. The van der Waals surface area contributed by atoms with Gasteiger partial charge in [-0.25, -0.2) is 0 Å². The van der Waals surface area contributed by atoms with Crippen molar-refractivity contribution in [3.8, 4) is 0 Å². The first kappa shape index (κ1) is 24.5. The summed E-state index contributed by atoms with van der Waals surface area (Å²) in [6.45, 7) is 17.5. The molecule has 0 saturated carbocycles. The third kappa shape index (κ3) is 6.65. The number of rotatable bonds is 13. The van der Waals surface area contributed by atoms with E-state index in [0.717, 1.165) is 71.3 Å². The fourth-order valence-electron chi connectivity index (χ4n) is 4.51. The van der Waals surface area contributed by atoms with Gasteiger partial charge in [-0.2, -0.15) is 15.0 Å². The van der Waals surface area contributed by atoms with E-state index >= 15 is 0 Å². The van der Waals surface area contributed by atoms with Gasteiger partial charge < -0.3 is 25.3 Å². The molecule has 1 aliphatic carbocycles. The molecule has 2 heterocycles. The largest absolute Gasteiger partial charge is 0.353 e. The molecule has 1 aliphatic heterocycles. The van der Waals surface area contributed by atoms with Crippen LogP contribution in [0.5, 0.6) is 0 Å². The van der Waals surface area contributed by atoms with Gasteiger partial charge in [0.05, 0.1) is 6.04 Å². The second-order valence-corrected chi connectivity index (χ2v) is 8.45. The molecular formula is C24H42N8. The van der Waals surface area contributed by atoms with Crippen LogP contribution in [0.25, 0.3) is 0 Å². The number of hydrogen-bond acceptors (Lipinski definition) is 8. The maximum absolute atomic E-state index is 4.84. The molecule has 1 fully saturated rings. The molecule has 0 bridgehead atoms. The van der Waals surface area contributed by atoms with Crippen molar-refractivity contribution >= 4 is 17.8 Å². The van der Waals surface area contributed by atoms with Crippen LogP contribution < -0.4 is 15.5 Å². The molecule has 0 amide bonds. The molecule has 8 heteroatoms. The van der Waals surface area contributed by atoms with Crippen LogP contribution in [0.2, 0.25) is 0 Å². The highest BCUT2D eigenvalue weighted by atomic mass is 15.3. The van der Waals surface area contributed by atoms with Gasteiger partial charge in [-0.3, -0.25) is 0 Å². The monoisotopic (exact) mass is 442 g/mol. The molecule has 32 heavy (non-hydrogen) atoms. The number of piperidine rings is 1. The number of hydrogen-bond donors (Lipinski definition) is 2. The number of nitrogens with zero attached hydrogens (tertiary/aromatic N) is 6. The summed E-state index contributed by atoms with van der Waals surface area (Å²) >= 11 is 0. The fourth-order valence-corrected chi connectivity index (χ4v) is 4.51. The first-order valence-electron chi connectivity index (χ1n) is 12.5. The molecule has 3 rings (SSSR count). The average Bonchev–Trinajstić information content (AvgIpc) is 2.84. The van der Waals surface area contributed by atoms with Crippen LogP contribution >= 0.6 is 0 Å². The second-order valence-electron chi connectivity index (χ2n) is 8.45. The first-order valence-corrected chi connectivity index (χ1v) is 12.5. The van der Waals surface area contributed by atoms with Crippen molar-refractivity contribution in [2.24, 2.45) is 5.92 Å². The maximum atomic E-state index is 4.84. The van der Waals surface area contributed by atoms with Gasteiger partial charge in [0.25, 0.3) is 0 Å². The van der Waals surface area contributed by atoms with Gasteiger partial charge >= 0.3 is 0 Å². The Hall–Kier alpha value is -2.19. The molecule has 1 aromatic rings. The fraction of sp³-hybridized carbons (Fsp3) is 0.708. The highest BCUT2D eigenvalue weighted by Crippen LogP contribution is 2.31. The van der Waals surface area contributed by atoms with Gasteiger partial charge in [-0.05, 0) is 39.0 Å². The van der Waals surface area contributed by atoms with Crippen LogP contribution in [-0.4, -0.2) is 89.7 Å². The van der Waals surface area contributed by atoms with Crippen LogP contribution in [0.4, 0.5) is 17.8 Å². The van der Waals surface area contributed by atoms with Crippen molar-refractivity contribution in [1.29, 1.82) is 0 Å². The van der Waals surface area contributed by atoms with E-state index < -0.39 is 0 Å². The number of nitrogens with one attached hydrogen (secondary N) is 2.